The highest BCUT2D eigenvalue weighted by molar-refractivity contribution is 5.67. The summed E-state index contributed by atoms with van der Waals surface area (Å²) in [5, 5.41) is 1.33. The van der Waals surface area contributed by atoms with Crippen molar-refractivity contribution in [3.63, 3.8) is 0 Å². The first kappa shape index (κ1) is 10.4. The summed E-state index contributed by atoms with van der Waals surface area (Å²) in [6.45, 7) is 0.278. The molecule has 1 aliphatic carbocycles. The zero-order valence-corrected chi connectivity index (χ0v) is 9.28. The Bertz CT molecular complexity index is 443. The monoisotopic (exact) mass is 231 g/mol. The third kappa shape index (κ3) is 2.03. The Morgan fingerprint density at radius 2 is 2.18 bits per heavy atom. The van der Waals surface area contributed by atoms with Crippen molar-refractivity contribution in [2.45, 2.75) is 25.2 Å². The number of hydroxylamine groups is 2. The molecule has 2 atom stereocenters. The Morgan fingerprint density at radius 3 is 2.82 bits per heavy atom. The minimum atomic E-state index is -0.411. The molecule has 4 heteroatoms. The molecule has 1 amide bonds. The second-order valence-electron chi connectivity index (χ2n) is 4.20. The summed E-state index contributed by atoms with van der Waals surface area (Å²) in [5.74, 6) is 0. The predicted molar refractivity (Wildman–Crippen MR) is 60.9 cm³/mol. The number of hydrogen-bond donors (Lipinski definition) is 0. The van der Waals surface area contributed by atoms with Crippen molar-refractivity contribution in [1.29, 1.82) is 0 Å². The maximum absolute atomic E-state index is 11.8. The van der Waals surface area contributed by atoms with Crippen LogP contribution in [0.3, 0.4) is 0 Å². The molecule has 2 bridgehead atoms. The predicted octanol–water partition coefficient (Wildman–Crippen LogP) is 2.27. The highest BCUT2D eigenvalue weighted by atomic mass is 16.7. The number of fused-ring (bicyclic) bond motifs is 2. The molecule has 0 radical (unpaired) electrons. The zero-order valence-electron chi connectivity index (χ0n) is 9.28. The Labute approximate surface area is 99.4 Å². The van der Waals surface area contributed by atoms with Gasteiger partial charge in [0.1, 0.15) is 12.7 Å². The molecule has 1 aromatic rings. The quantitative estimate of drug-likeness (QED) is 0.733. The molecule has 17 heavy (non-hydrogen) atoms. The van der Waals surface area contributed by atoms with Crippen LogP contribution in [0.4, 0.5) is 4.79 Å². The third-order valence-corrected chi connectivity index (χ3v) is 2.96. The van der Waals surface area contributed by atoms with Gasteiger partial charge in [-0.3, -0.25) is 4.84 Å². The number of amides is 1. The normalized spacial score (nSPS) is 25.3. The van der Waals surface area contributed by atoms with Crippen LogP contribution in [-0.4, -0.2) is 23.3 Å². The van der Waals surface area contributed by atoms with E-state index in [-0.39, 0.29) is 18.8 Å². The van der Waals surface area contributed by atoms with E-state index in [0.29, 0.717) is 0 Å². The van der Waals surface area contributed by atoms with Crippen LogP contribution in [0.5, 0.6) is 0 Å². The van der Waals surface area contributed by atoms with Crippen molar-refractivity contribution in [2.24, 2.45) is 0 Å². The first-order chi connectivity index (χ1) is 8.33. The standard InChI is InChI=1S/C13H13NO3/c15-13(14-11-6-7-12(8-11)17-14)16-9-10-4-2-1-3-5-10/h1-7,11-12H,8-9H2/t11-,12+/m0/s1. The van der Waals surface area contributed by atoms with E-state index >= 15 is 0 Å². The van der Waals surface area contributed by atoms with Crippen molar-refractivity contribution < 1.29 is 14.4 Å². The van der Waals surface area contributed by atoms with Gasteiger partial charge in [-0.25, -0.2) is 4.79 Å². The molecule has 1 heterocycles. The molecule has 2 aliphatic rings. The fourth-order valence-corrected chi connectivity index (χ4v) is 2.08. The van der Waals surface area contributed by atoms with Crippen molar-refractivity contribution >= 4 is 6.09 Å². The summed E-state index contributed by atoms with van der Waals surface area (Å²) in [5.41, 5.74) is 0.973. The highest BCUT2D eigenvalue weighted by Crippen LogP contribution is 2.29. The van der Waals surface area contributed by atoms with Crippen LogP contribution < -0.4 is 0 Å². The number of benzene rings is 1. The third-order valence-electron chi connectivity index (χ3n) is 2.96. The van der Waals surface area contributed by atoms with E-state index < -0.39 is 6.09 Å². The molecule has 0 saturated carbocycles. The lowest BCUT2D eigenvalue weighted by molar-refractivity contribution is -0.129. The number of hydrogen-bond acceptors (Lipinski definition) is 3. The van der Waals surface area contributed by atoms with Gasteiger partial charge < -0.3 is 4.74 Å². The van der Waals surface area contributed by atoms with E-state index in [1.165, 1.54) is 5.06 Å². The molecule has 1 aliphatic heterocycles. The summed E-state index contributed by atoms with van der Waals surface area (Å²) in [7, 11) is 0. The fraction of sp³-hybridized carbons (Fsp3) is 0.308. The minimum Gasteiger partial charge on any atom is -0.443 e. The van der Waals surface area contributed by atoms with Gasteiger partial charge in [0.15, 0.2) is 0 Å². The molecule has 1 saturated heterocycles. The van der Waals surface area contributed by atoms with Crippen LogP contribution in [-0.2, 0) is 16.2 Å². The Hall–Kier alpha value is -1.81. The lowest BCUT2D eigenvalue weighted by Crippen LogP contribution is -2.35. The van der Waals surface area contributed by atoms with Gasteiger partial charge in [0.2, 0.25) is 0 Å². The van der Waals surface area contributed by atoms with Crippen molar-refractivity contribution in [3.05, 3.63) is 48.0 Å². The number of ether oxygens (including phenoxy) is 1. The molecule has 0 N–H and O–H groups in total. The molecule has 4 nitrogen and oxygen atoms in total. The van der Waals surface area contributed by atoms with E-state index in [1.807, 2.05) is 42.5 Å². The van der Waals surface area contributed by atoms with Gasteiger partial charge in [-0.15, -0.1) is 0 Å². The largest absolute Gasteiger partial charge is 0.443 e. The minimum absolute atomic E-state index is 0.0447. The Morgan fingerprint density at radius 1 is 1.35 bits per heavy atom. The Balaban J connectivity index is 1.56. The van der Waals surface area contributed by atoms with E-state index in [2.05, 4.69) is 0 Å². The summed E-state index contributed by atoms with van der Waals surface area (Å²) in [4.78, 5) is 17.1. The summed E-state index contributed by atoms with van der Waals surface area (Å²) in [6, 6.07) is 9.65. The lowest BCUT2D eigenvalue weighted by atomic mass is 10.2. The van der Waals surface area contributed by atoms with Gasteiger partial charge in [0.25, 0.3) is 0 Å². The van der Waals surface area contributed by atoms with Gasteiger partial charge in [0, 0.05) is 6.42 Å². The van der Waals surface area contributed by atoms with Crippen LogP contribution in [0.15, 0.2) is 42.5 Å². The van der Waals surface area contributed by atoms with E-state index in [4.69, 9.17) is 9.57 Å². The van der Waals surface area contributed by atoms with Gasteiger partial charge in [-0.2, -0.15) is 5.06 Å². The fourth-order valence-electron chi connectivity index (χ4n) is 2.08. The van der Waals surface area contributed by atoms with E-state index in [1.54, 1.807) is 0 Å². The second kappa shape index (κ2) is 4.22. The van der Waals surface area contributed by atoms with Crippen LogP contribution in [0.1, 0.15) is 12.0 Å². The van der Waals surface area contributed by atoms with E-state index in [0.717, 1.165) is 12.0 Å². The number of rotatable bonds is 2. The molecule has 3 rings (SSSR count). The Kier molecular flexibility index (Phi) is 2.57. The van der Waals surface area contributed by atoms with Crippen molar-refractivity contribution in [3.8, 4) is 0 Å². The first-order valence-electron chi connectivity index (χ1n) is 5.68. The molecular weight excluding hydrogens is 218 g/mol. The van der Waals surface area contributed by atoms with Crippen LogP contribution in [0.25, 0.3) is 0 Å². The topological polar surface area (TPSA) is 38.8 Å². The number of nitrogens with zero attached hydrogens (tertiary/aromatic N) is 1. The average molecular weight is 231 g/mol. The zero-order chi connectivity index (χ0) is 11.7. The van der Waals surface area contributed by atoms with Gasteiger partial charge in [-0.1, -0.05) is 42.5 Å². The second-order valence-corrected chi connectivity index (χ2v) is 4.20. The van der Waals surface area contributed by atoms with Gasteiger partial charge in [-0.05, 0) is 5.56 Å². The van der Waals surface area contributed by atoms with Gasteiger partial charge >= 0.3 is 6.09 Å². The molecular formula is C13H13NO3. The molecule has 1 aromatic carbocycles. The average Bonchev–Trinajstić information content (AvgIpc) is 2.99. The molecule has 0 spiro atoms. The van der Waals surface area contributed by atoms with Crippen LogP contribution in [0, 0.1) is 0 Å². The van der Waals surface area contributed by atoms with Gasteiger partial charge in [0.05, 0.1) is 6.04 Å². The van der Waals surface area contributed by atoms with Crippen molar-refractivity contribution in [1.82, 2.24) is 5.06 Å². The summed E-state index contributed by atoms with van der Waals surface area (Å²) in [6.07, 6.45) is 4.44. The van der Waals surface area contributed by atoms with E-state index in [9.17, 15) is 4.79 Å². The first-order valence-corrected chi connectivity index (χ1v) is 5.68. The SMILES string of the molecule is O=C(OCc1ccccc1)N1O[C@@H]2C=C[C@H]1C2. The van der Waals surface area contributed by atoms with Crippen LogP contribution >= 0.6 is 0 Å². The lowest BCUT2D eigenvalue weighted by Gasteiger charge is -2.21. The summed E-state index contributed by atoms with van der Waals surface area (Å²) >= 11 is 0. The molecule has 0 unspecified atom stereocenters. The number of carbonyl (C=O) groups is 1. The maximum atomic E-state index is 11.8. The number of carbonyl (C=O) groups excluding carboxylic acids is 1. The van der Waals surface area contributed by atoms with Crippen molar-refractivity contribution in [2.75, 3.05) is 0 Å². The summed E-state index contributed by atoms with van der Waals surface area (Å²) < 4.78 is 5.19. The van der Waals surface area contributed by atoms with Crippen LogP contribution in [0.2, 0.25) is 0 Å². The highest BCUT2D eigenvalue weighted by Gasteiger charge is 2.39. The maximum Gasteiger partial charge on any atom is 0.434 e. The molecule has 88 valence electrons. The molecule has 0 aromatic heterocycles. The smallest absolute Gasteiger partial charge is 0.434 e. The molecule has 1 fully saturated rings.